The Hall–Kier alpha value is -1.40. The van der Waals surface area contributed by atoms with Crippen molar-refractivity contribution in [1.82, 2.24) is 9.80 Å². The average molecular weight is 328 g/mol. The Morgan fingerprint density at radius 3 is 2.43 bits per heavy atom. The maximum Gasteiger partial charge on any atom is 0.233 e. The molecule has 1 aromatic rings. The van der Waals surface area contributed by atoms with Crippen molar-refractivity contribution in [2.45, 2.75) is 11.8 Å². The van der Waals surface area contributed by atoms with Gasteiger partial charge in [-0.15, -0.1) is 11.8 Å². The minimum atomic E-state index is 0.0630. The molecule has 2 amide bonds. The highest BCUT2D eigenvalue weighted by atomic mass is 35.5. The molecule has 1 aliphatic rings. The van der Waals surface area contributed by atoms with Gasteiger partial charge in [-0.2, -0.15) is 0 Å². The van der Waals surface area contributed by atoms with Crippen LogP contribution < -0.4 is 5.73 Å². The van der Waals surface area contributed by atoms with Gasteiger partial charge in [-0.05, 0) is 18.2 Å². The predicted octanol–water partition coefficient (Wildman–Crippen LogP) is 1.70. The predicted molar refractivity (Wildman–Crippen MR) is 85.4 cm³/mol. The van der Waals surface area contributed by atoms with Crippen LogP contribution in [0.1, 0.15) is 6.92 Å². The fourth-order valence-electron chi connectivity index (χ4n) is 2.10. The number of hydrogen-bond acceptors (Lipinski definition) is 4. The summed E-state index contributed by atoms with van der Waals surface area (Å²) in [5.41, 5.74) is 6.19. The van der Waals surface area contributed by atoms with E-state index >= 15 is 0 Å². The molecule has 1 fully saturated rings. The van der Waals surface area contributed by atoms with Crippen LogP contribution in [0.3, 0.4) is 0 Å². The lowest BCUT2D eigenvalue weighted by molar-refractivity contribution is -0.136. The highest BCUT2D eigenvalue weighted by Gasteiger charge is 2.22. The number of anilines is 1. The lowest BCUT2D eigenvalue weighted by atomic mass is 10.3. The Bertz CT molecular complexity index is 545. The molecule has 1 heterocycles. The summed E-state index contributed by atoms with van der Waals surface area (Å²) in [6.45, 7) is 3.97. The zero-order valence-electron chi connectivity index (χ0n) is 11.8. The molecule has 1 aromatic carbocycles. The number of nitrogens with two attached hydrogens (primary N) is 1. The molecule has 0 saturated carbocycles. The molecule has 0 aromatic heterocycles. The zero-order valence-corrected chi connectivity index (χ0v) is 13.4. The summed E-state index contributed by atoms with van der Waals surface area (Å²) >= 11 is 7.39. The number of nitrogens with zero attached hydrogens (tertiary/aromatic N) is 2. The first kappa shape index (κ1) is 16.0. The fourth-order valence-corrected chi connectivity index (χ4v) is 3.19. The van der Waals surface area contributed by atoms with E-state index in [1.54, 1.807) is 28.9 Å². The van der Waals surface area contributed by atoms with Crippen LogP contribution in [0, 0.1) is 0 Å². The first-order valence-electron chi connectivity index (χ1n) is 6.68. The molecule has 1 aliphatic heterocycles. The van der Waals surface area contributed by atoms with Crippen molar-refractivity contribution in [3.8, 4) is 0 Å². The second-order valence-electron chi connectivity index (χ2n) is 4.86. The molecule has 0 aliphatic carbocycles. The number of rotatable bonds is 3. The number of amides is 2. The number of carbonyl (C=O) groups excluding carboxylic acids is 2. The lowest BCUT2D eigenvalue weighted by Crippen LogP contribution is -2.50. The van der Waals surface area contributed by atoms with Crippen molar-refractivity contribution in [2.24, 2.45) is 0 Å². The summed E-state index contributed by atoms with van der Waals surface area (Å²) in [6.07, 6.45) is 0. The van der Waals surface area contributed by atoms with Gasteiger partial charge in [0, 0.05) is 38.0 Å². The molecule has 0 unspecified atom stereocenters. The van der Waals surface area contributed by atoms with Gasteiger partial charge in [-0.3, -0.25) is 9.59 Å². The molecule has 21 heavy (non-hydrogen) atoms. The van der Waals surface area contributed by atoms with E-state index in [4.69, 9.17) is 17.3 Å². The van der Waals surface area contributed by atoms with Gasteiger partial charge in [0.05, 0.1) is 16.5 Å². The quantitative estimate of drug-likeness (QED) is 0.678. The number of piperazine rings is 1. The molecular weight excluding hydrogens is 310 g/mol. The summed E-state index contributed by atoms with van der Waals surface area (Å²) in [5, 5.41) is 0.502. The molecule has 1 saturated heterocycles. The number of nitrogen functional groups attached to an aromatic ring is 1. The topological polar surface area (TPSA) is 66.6 Å². The number of hydrogen-bond donors (Lipinski definition) is 1. The summed E-state index contributed by atoms with van der Waals surface area (Å²) in [6, 6.07) is 5.36. The van der Waals surface area contributed by atoms with Crippen LogP contribution in [0.15, 0.2) is 23.1 Å². The Morgan fingerprint density at radius 1 is 1.24 bits per heavy atom. The van der Waals surface area contributed by atoms with E-state index in [2.05, 4.69) is 0 Å². The Labute approximate surface area is 133 Å². The van der Waals surface area contributed by atoms with Crippen LogP contribution in [0.25, 0.3) is 0 Å². The van der Waals surface area contributed by atoms with Gasteiger partial charge in [0.25, 0.3) is 0 Å². The highest BCUT2D eigenvalue weighted by Crippen LogP contribution is 2.26. The third-order valence-electron chi connectivity index (χ3n) is 3.41. The van der Waals surface area contributed by atoms with Gasteiger partial charge in [-0.1, -0.05) is 11.6 Å². The van der Waals surface area contributed by atoms with Crippen molar-refractivity contribution in [3.05, 3.63) is 23.2 Å². The molecule has 7 heteroatoms. The Kier molecular flexibility index (Phi) is 5.36. The molecule has 2 N–H and O–H groups in total. The zero-order chi connectivity index (χ0) is 15.4. The van der Waals surface area contributed by atoms with Crippen molar-refractivity contribution >= 4 is 40.9 Å². The van der Waals surface area contributed by atoms with Crippen molar-refractivity contribution in [1.29, 1.82) is 0 Å². The standard InChI is InChI=1S/C14H18ClN3O2S/c1-10(19)17-4-6-18(7-5-17)14(20)9-21-11-2-3-13(16)12(15)8-11/h2-3,8H,4-7,9,16H2,1H3. The minimum absolute atomic E-state index is 0.0630. The van der Waals surface area contributed by atoms with Crippen LogP contribution >= 0.6 is 23.4 Å². The smallest absolute Gasteiger partial charge is 0.233 e. The van der Waals surface area contributed by atoms with Gasteiger partial charge in [0.2, 0.25) is 11.8 Å². The first-order valence-corrected chi connectivity index (χ1v) is 8.05. The summed E-state index contributed by atoms with van der Waals surface area (Å²) in [4.78, 5) is 27.9. The molecule has 0 spiro atoms. The van der Waals surface area contributed by atoms with Gasteiger partial charge in [0.1, 0.15) is 0 Å². The molecule has 0 atom stereocenters. The second-order valence-corrected chi connectivity index (χ2v) is 6.31. The van der Waals surface area contributed by atoms with Crippen LogP contribution in [0.2, 0.25) is 5.02 Å². The fraction of sp³-hybridized carbons (Fsp3) is 0.429. The Morgan fingerprint density at radius 2 is 1.86 bits per heavy atom. The lowest BCUT2D eigenvalue weighted by Gasteiger charge is -2.34. The number of halogens is 1. The van der Waals surface area contributed by atoms with Crippen LogP contribution in [0.5, 0.6) is 0 Å². The van der Waals surface area contributed by atoms with E-state index in [-0.39, 0.29) is 11.8 Å². The van der Waals surface area contributed by atoms with Crippen molar-refractivity contribution in [3.63, 3.8) is 0 Å². The molecule has 5 nitrogen and oxygen atoms in total. The van der Waals surface area contributed by atoms with E-state index in [1.165, 1.54) is 11.8 Å². The van der Waals surface area contributed by atoms with E-state index in [0.717, 1.165) is 4.90 Å². The third kappa shape index (κ3) is 4.28. The molecule has 0 bridgehead atoms. The van der Waals surface area contributed by atoms with Crippen LogP contribution in [0.4, 0.5) is 5.69 Å². The normalized spacial score (nSPS) is 15.1. The largest absolute Gasteiger partial charge is 0.398 e. The van der Waals surface area contributed by atoms with Gasteiger partial charge < -0.3 is 15.5 Å². The number of benzene rings is 1. The summed E-state index contributed by atoms with van der Waals surface area (Å²) in [5.74, 6) is 0.504. The van der Waals surface area contributed by atoms with Crippen LogP contribution in [-0.4, -0.2) is 53.5 Å². The number of thioether (sulfide) groups is 1. The maximum atomic E-state index is 12.1. The van der Waals surface area contributed by atoms with Gasteiger partial charge in [0.15, 0.2) is 0 Å². The monoisotopic (exact) mass is 327 g/mol. The molecule has 2 rings (SSSR count). The average Bonchev–Trinajstić information content (AvgIpc) is 2.48. The summed E-state index contributed by atoms with van der Waals surface area (Å²) in [7, 11) is 0. The maximum absolute atomic E-state index is 12.1. The van der Waals surface area contributed by atoms with E-state index in [9.17, 15) is 9.59 Å². The first-order chi connectivity index (χ1) is 9.97. The molecule has 114 valence electrons. The molecule has 0 radical (unpaired) electrons. The minimum Gasteiger partial charge on any atom is -0.398 e. The SMILES string of the molecule is CC(=O)N1CCN(C(=O)CSc2ccc(N)c(Cl)c2)CC1. The highest BCUT2D eigenvalue weighted by molar-refractivity contribution is 8.00. The van der Waals surface area contributed by atoms with E-state index < -0.39 is 0 Å². The number of carbonyl (C=O) groups is 2. The molecular formula is C14H18ClN3O2S. The Balaban J connectivity index is 1.82. The van der Waals surface area contributed by atoms with Crippen molar-refractivity contribution in [2.75, 3.05) is 37.7 Å². The van der Waals surface area contributed by atoms with Crippen LogP contribution in [-0.2, 0) is 9.59 Å². The van der Waals surface area contributed by atoms with E-state index in [1.807, 2.05) is 6.07 Å². The van der Waals surface area contributed by atoms with Gasteiger partial charge >= 0.3 is 0 Å². The van der Waals surface area contributed by atoms with Crippen molar-refractivity contribution < 1.29 is 9.59 Å². The van der Waals surface area contributed by atoms with Gasteiger partial charge in [-0.25, -0.2) is 0 Å². The second kappa shape index (κ2) is 7.04. The van der Waals surface area contributed by atoms with E-state index in [0.29, 0.717) is 42.6 Å². The third-order valence-corrected chi connectivity index (χ3v) is 4.72. The summed E-state index contributed by atoms with van der Waals surface area (Å²) < 4.78 is 0.